The van der Waals surface area contributed by atoms with Crippen molar-refractivity contribution in [2.45, 2.75) is 19.4 Å². The summed E-state index contributed by atoms with van der Waals surface area (Å²) in [5.41, 5.74) is 5.22. The van der Waals surface area contributed by atoms with Crippen molar-refractivity contribution in [1.82, 2.24) is 24.1 Å². The number of aromatic nitrogens is 5. The summed E-state index contributed by atoms with van der Waals surface area (Å²) in [5, 5.41) is 0. The molecule has 0 radical (unpaired) electrons. The summed E-state index contributed by atoms with van der Waals surface area (Å²) in [4.78, 5) is 26.9. The van der Waals surface area contributed by atoms with Gasteiger partial charge < -0.3 is 14.5 Å². The van der Waals surface area contributed by atoms with Crippen molar-refractivity contribution in [3.63, 3.8) is 0 Å². The Hall–Kier alpha value is -3.87. The molecule has 1 aliphatic rings. The molecule has 4 heterocycles. The minimum atomic E-state index is -0.187. The van der Waals surface area contributed by atoms with Gasteiger partial charge in [0.15, 0.2) is 5.65 Å². The minimum Gasteiger partial charge on any atom is -0.312 e. The molecule has 0 fully saturated rings. The van der Waals surface area contributed by atoms with Crippen LogP contribution in [0.2, 0.25) is 0 Å². The Morgan fingerprint density at radius 1 is 0.867 bits per heavy atom. The quantitative estimate of drug-likeness (QED) is 0.490. The molecule has 0 saturated heterocycles. The van der Waals surface area contributed by atoms with E-state index in [0.717, 1.165) is 54.3 Å². The Bertz CT molecular complexity index is 1430. The van der Waals surface area contributed by atoms with Crippen LogP contribution in [0.1, 0.15) is 12.8 Å². The molecule has 0 atom stereocenters. The van der Waals surface area contributed by atoms with Gasteiger partial charge in [0.25, 0.3) is 0 Å². The second-order valence-corrected chi connectivity index (χ2v) is 7.57. The van der Waals surface area contributed by atoms with Gasteiger partial charge in [-0.05, 0) is 61.4 Å². The maximum Gasteiger partial charge on any atom is 0.332 e. The maximum absolute atomic E-state index is 12.5. The topological polar surface area (TPSA) is 71.7 Å². The van der Waals surface area contributed by atoms with Gasteiger partial charge >= 0.3 is 5.69 Å². The number of para-hydroxylation sites is 2. The molecule has 0 spiro atoms. The lowest BCUT2D eigenvalue weighted by molar-refractivity contribution is 0.668. The predicted octanol–water partition coefficient (Wildman–Crippen LogP) is 4.00. The number of benzene rings is 2. The van der Waals surface area contributed by atoms with Gasteiger partial charge in [-0.3, -0.25) is 0 Å². The van der Waals surface area contributed by atoms with E-state index in [1.54, 1.807) is 10.8 Å². The van der Waals surface area contributed by atoms with E-state index in [0.29, 0.717) is 5.65 Å². The van der Waals surface area contributed by atoms with Gasteiger partial charge in [-0.25, -0.2) is 19.3 Å². The maximum atomic E-state index is 12.5. The Balaban J connectivity index is 1.44. The number of aromatic amines is 1. The molecule has 7 nitrogen and oxygen atoms in total. The van der Waals surface area contributed by atoms with Crippen LogP contribution < -0.4 is 10.6 Å². The SMILES string of the molecule is O=c1[nH]c2cccnc2n1-c1ccc(N2CCCCn3c2nc2ccccc23)cc1. The van der Waals surface area contributed by atoms with Gasteiger partial charge in [-0.2, -0.15) is 0 Å². The van der Waals surface area contributed by atoms with E-state index in [9.17, 15) is 4.79 Å². The molecule has 5 aromatic rings. The Labute approximate surface area is 172 Å². The predicted molar refractivity (Wildman–Crippen MR) is 118 cm³/mol. The number of nitrogens with zero attached hydrogens (tertiary/aromatic N) is 5. The third kappa shape index (κ3) is 2.55. The normalized spacial score (nSPS) is 14.2. The van der Waals surface area contributed by atoms with Gasteiger partial charge in [-0.1, -0.05) is 12.1 Å². The van der Waals surface area contributed by atoms with Crippen LogP contribution in [0.25, 0.3) is 27.9 Å². The summed E-state index contributed by atoms with van der Waals surface area (Å²) in [6, 6.07) is 20.0. The van der Waals surface area contributed by atoms with Crippen LogP contribution in [-0.4, -0.2) is 30.6 Å². The number of anilines is 2. The van der Waals surface area contributed by atoms with Crippen molar-refractivity contribution in [1.29, 1.82) is 0 Å². The smallest absolute Gasteiger partial charge is 0.312 e. The van der Waals surface area contributed by atoms with Crippen LogP contribution >= 0.6 is 0 Å². The van der Waals surface area contributed by atoms with Crippen LogP contribution in [0.3, 0.4) is 0 Å². The number of rotatable bonds is 2. The number of nitrogens with one attached hydrogen (secondary N) is 1. The first-order valence-corrected chi connectivity index (χ1v) is 10.2. The average molecular weight is 396 g/mol. The lowest BCUT2D eigenvalue weighted by Gasteiger charge is -2.22. The van der Waals surface area contributed by atoms with Crippen LogP contribution in [0.4, 0.5) is 11.6 Å². The first kappa shape index (κ1) is 17.0. The first-order chi connectivity index (χ1) is 14.8. The minimum absolute atomic E-state index is 0.187. The van der Waals surface area contributed by atoms with Gasteiger partial charge in [0.05, 0.1) is 22.2 Å². The van der Waals surface area contributed by atoms with Gasteiger partial charge in [0.2, 0.25) is 5.95 Å². The highest BCUT2D eigenvalue weighted by atomic mass is 16.1. The number of H-pyrrole nitrogens is 1. The van der Waals surface area contributed by atoms with Gasteiger partial charge in [-0.15, -0.1) is 0 Å². The lowest BCUT2D eigenvalue weighted by atomic mass is 10.2. The molecule has 30 heavy (non-hydrogen) atoms. The highest BCUT2D eigenvalue weighted by Crippen LogP contribution is 2.32. The molecule has 148 valence electrons. The molecular formula is C23H20N6O. The van der Waals surface area contributed by atoms with E-state index in [4.69, 9.17) is 4.98 Å². The highest BCUT2D eigenvalue weighted by Gasteiger charge is 2.21. The molecule has 0 amide bonds. The fourth-order valence-electron chi connectivity index (χ4n) is 4.33. The molecule has 3 aromatic heterocycles. The molecular weight excluding hydrogens is 376 g/mol. The zero-order valence-electron chi connectivity index (χ0n) is 16.3. The summed E-state index contributed by atoms with van der Waals surface area (Å²) >= 11 is 0. The standard InChI is InChI=1S/C23H20N6O/c30-23-26-19-7-5-13-24-21(19)29(23)17-11-9-16(10-12-17)27-14-3-4-15-28-20-8-2-1-6-18(20)25-22(27)28/h1-2,5-13H,3-4,14-15H2,(H,26,30). The fraction of sp³-hybridized carbons (Fsp3) is 0.174. The monoisotopic (exact) mass is 396 g/mol. The van der Waals surface area contributed by atoms with E-state index in [1.807, 2.05) is 30.3 Å². The molecule has 1 aliphatic heterocycles. The molecule has 0 bridgehead atoms. The van der Waals surface area contributed by atoms with E-state index < -0.39 is 0 Å². The molecule has 6 rings (SSSR count). The average Bonchev–Trinajstić information content (AvgIpc) is 3.23. The summed E-state index contributed by atoms with van der Waals surface area (Å²) in [7, 11) is 0. The molecule has 1 N–H and O–H groups in total. The van der Waals surface area contributed by atoms with E-state index >= 15 is 0 Å². The van der Waals surface area contributed by atoms with Crippen LogP contribution in [-0.2, 0) is 6.54 Å². The summed E-state index contributed by atoms with van der Waals surface area (Å²) < 4.78 is 3.92. The van der Waals surface area contributed by atoms with Crippen molar-refractivity contribution >= 4 is 33.8 Å². The zero-order valence-corrected chi connectivity index (χ0v) is 16.3. The van der Waals surface area contributed by atoms with Crippen molar-refractivity contribution in [2.24, 2.45) is 0 Å². The largest absolute Gasteiger partial charge is 0.332 e. The Kier molecular flexibility index (Phi) is 3.74. The van der Waals surface area contributed by atoms with Crippen molar-refractivity contribution in [3.8, 4) is 5.69 Å². The zero-order chi connectivity index (χ0) is 20.1. The van der Waals surface area contributed by atoms with Crippen LogP contribution in [0.5, 0.6) is 0 Å². The molecule has 7 heteroatoms. The van der Waals surface area contributed by atoms with E-state index in [-0.39, 0.29) is 5.69 Å². The number of pyridine rings is 1. The van der Waals surface area contributed by atoms with Gasteiger partial charge in [0.1, 0.15) is 0 Å². The molecule has 0 unspecified atom stereocenters. The third-order valence-electron chi connectivity index (χ3n) is 5.75. The Morgan fingerprint density at radius 2 is 1.67 bits per heavy atom. The van der Waals surface area contributed by atoms with Crippen molar-refractivity contribution in [3.05, 3.63) is 77.3 Å². The Morgan fingerprint density at radius 3 is 2.57 bits per heavy atom. The van der Waals surface area contributed by atoms with Crippen molar-refractivity contribution in [2.75, 3.05) is 11.4 Å². The highest BCUT2D eigenvalue weighted by molar-refractivity contribution is 5.80. The molecule has 0 aliphatic carbocycles. The number of imidazole rings is 2. The third-order valence-corrected chi connectivity index (χ3v) is 5.75. The second-order valence-electron chi connectivity index (χ2n) is 7.57. The number of hydrogen-bond acceptors (Lipinski definition) is 4. The second kappa shape index (κ2) is 6.59. The molecule has 0 saturated carbocycles. The van der Waals surface area contributed by atoms with Crippen molar-refractivity contribution < 1.29 is 0 Å². The number of aryl methyl sites for hydroxylation is 1. The number of hydrogen-bond donors (Lipinski definition) is 1. The first-order valence-electron chi connectivity index (χ1n) is 10.2. The van der Waals surface area contributed by atoms with E-state index in [2.05, 4.69) is 49.8 Å². The summed E-state index contributed by atoms with van der Waals surface area (Å²) in [6.45, 7) is 1.89. The fourth-order valence-corrected chi connectivity index (χ4v) is 4.33. The molecule has 2 aromatic carbocycles. The van der Waals surface area contributed by atoms with Crippen LogP contribution in [0, 0.1) is 0 Å². The van der Waals surface area contributed by atoms with Gasteiger partial charge in [0, 0.05) is 25.0 Å². The van der Waals surface area contributed by atoms with Crippen LogP contribution in [0.15, 0.2) is 71.7 Å². The summed E-state index contributed by atoms with van der Waals surface area (Å²) in [6.07, 6.45) is 3.92. The lowest BCUT2D eigenvalue weighted by Crippen LogP contribution is -2.20. The number of fused-ring (bicyclic) bond motifs is 4. The summed E-state index contributed by atoms with van der Waals surface area (Å²) in [5.74, 6) is 0.979. The van der Waals surface area contributed by atoms with E-state index in [1.165, 1.54) is 5.52 Å².